The van der Waals surface area contributed by atoms with Crippen LogP contribution in [0.5, 0.6) is 0 Å². The van der Waals surface area contributed by atoms with E-state index >= 15 is 0 Å². The standard InChI is InChI=1S/C29H42N4O3S/c1-20-6-8-24(9-7-20)27-30-28(35)29(31-27)11-13-32(14-12-29)37-17-10-26-21(2)18-25(19-22(26)3)33(23(4)34)15-16-36-5/h10,17-20,24H,6-9,11-16H2,1-5H3,(H,30,31,35)/b17-10+. The van der Waals surface area contributed by atoms with Crippen LogP contribution in [0.1, 0.15) is 69.1 Å². The van der Waals surface area contributed by atoms with Gasteiger partial charge in [-0.15, -0.1) is 0 Å². The highest BCUT2D eigenvalue weighted by molar-refractivity contribution is 8.00. The Kier molecular flexibility index (Phi) is 9.14. The van der Waals surface area contributed by atoms with Crippen molar-refractivity contribution in [2.45, 2.75) is 71.8 Å². The molecule has 1 saturated carbocycles. The summed E-state index contributed by atoms with van der Waals surface area (Å²) in [7, 11) is 1.65. The zero-order chi connectivity index (χ0) is 26.6. The Morgan fingerprint density at radius 3 is 2.46 bits per heavy atom. The molecule has 2 aliphatic heterocycles. The number of amidine groups is 1. The van der Waals surface area contributed by atoms with Gasteiger partial charge in [-0.2, -0.15) is 0 Å². The molecule has 0 atom stereocenters. The van der Waals surface area contributed by atoms with Gasteiger partial charge in [0, 0.05) is 45.3 Å². The minimum atomic E-state index is -0.562. The number of carbonyl (C=O) groups is 2. The molecule has 0 bridgehead atoms. The number of aliphatic imine (C=N–C) groups is 1. The summed E-state index contributed by atoms with van der Waals surface area (Å²) in [6.45, 7) is 10.8. The molecule has 1 N–H and O–H groups in total. The maximum Gasteiger partial charge on any atom is 0.253 e. The molecular formula is C29H42N4O3S. The Hall–Kier alpha value is -2.16. The van der Waals surface area contributed by atoms with Gasteiger partial charge in [0.2, 0.25) is 5.91 Å². The van der Waals surface area contributed by atoms with E-state index in [1.807, 2.05) is 0 Å². The quantitative estimate of drug-likeness (QED) is 0.477. The van der Waals surface area contributed by atoms with Crippen LogP contribution >= 0.6 is 11.9 Å². The topological polar surface area (TPSA) is 74.2 Å². The number of piperidine rings is 1. The molecule has 0 unspecified atom stereocenters. The van der Waals surface area contributed by atoms with Gasteiger partial charge < -0.3 is 15.0 Å². The maximum absolute atomic E-state index is 12.9. The first-order chi connectivity index (χ1) is 17.7. The second-order valence-electron chi connectivity index (χ2n) is 10.9. The number of ether oxygens (including phenoxy) is 1. The zero-order valence-electron chi connectivity index (χ0n) is 23.0. The van der Waals surface area contributed by atoms with Gasteiger partial charge in [-0.05, 0) is 85.8 Å². The van der Waals surface area contributed by atoms with E-state index in [9.17, 15) is 9.59 Å². The SMILES string of the molecule is COCCN(C(C)=O)c1cc(C)c(/C=C/SN2CCC3(CC2)N=C(C2CCC(C)CC2)NC3=O)c(C)c1. The summed E-state index contributed by atoms with van der Waals surface area (Å²) >= 11 is 1.70. The fourth-order valence-corrected chi connectivity index (χ4v) is 6.54. The van der Waals surface area contributed by atoms with Crippen LogP contribution in [0.4, 0.5) is 5.69 Å². The van der Waals surface area contributed by atoms with E-state index in [0.29, 0.717) is 19.1 Å². The van der Waals surface area contributed by atoms with Crippen LogP contribution in [0.15, 0.2) is 22.5 Å². The zero-order valence-corrected chi connectivity index (χ0v) is 23.8. The van der Waals surface area contributed by atoms with Crippen molar-refractivity contribution in [2.24, 2.45) is 16.8 Å². The summed E-state index contributed by atoms with van der Waals surface area (Å²) in [5.74, 6) is 2.29. The number of rotatable bonds is 8. The molecule has 7 nitrogen and oxygen atoms in total. The van der Waals surface area contributed by atoms with E-state index < -0.39 is 5.54 Å². The first-order valence-electron chi connectivity index (χ1n) is 13.6. The van der Waals surface area contributed by atoms with Crippen LogP contribution in [0.25, 0.3) is 6.08 Å². The highest BCUT2D eigenvalue weighted by Crippen LogP contribution is 2.37. The predicted octanol–water partition coefficient (Wildman–Crippen LogP) is 5.11. The van der Waals surface area contributed by atoms with E-state index in [-0.39, 0.29) is 11.8 Å². The number of carbonyl (C=O) groups excluding carboxylic acids is 2. The lowest BCUT2D eigenvalue weighted by molar-refractivity contribution is -0.125. The van der Waals surface area contributed by atoms with Crippen LogP contribution in [0, 0.1) is 25.7 Å². The number of aryl methyl sites for hydroxylation is 2. The molecule has 4 rings (SSSR count). The number of methoxy groups -OCH3 is 1. The van der Waals surface area contributed by atoms with Crippen molar-refractivity contribution < 1.29 is 14.3 Å². The van der Waals surface area contributed by atoms with Gasteiger partial charge in [0.15, 0.2) is 0 Å². The van der Waals surface area contributed by atoms with Crippen molar-refractivity contribution >= 4 is 41.4 Å². The van der Waals surface area contributed by atoms with Crippen LogP contribution in [0.2, 0.25) is 0 Å². The van der Waals surface area contributed by atoms with Crippen molar-refractivity contribution in [3.63, 3.8) is 0 Å². The molecule has 202 valence electrons. The van der Waals surface area contributed by atoms with Gasteiger partial charge in [0.25, 0.3) is 5.91 Å². The van der Waals surface area contributed by atoms with Crippen molar-refractivity contribution in [2.75, 3.05) is 38.3 Å². The average molecular weight is 527 g/mol. The summed E-state index contributed by atoms with van der Waals surface area (Å²) in [4.78, 5) is 31.8. The normalized spacial score (nSPS) is 23.9. The van der Waals surface area contributed by atoms with Gasteiger partial charge in [-0.25, -0.2) is 4.31 Å². The fraction of sp³-hybridized carbons (Fsp3) is 0.621. The Bertz CT molecular complexity index is 1030. The van der Waals surface area contributed by atoms with E-state index in [2.05, 4.69) is 54.0 Å². The Labute approximate surface area is 226 Å². The third-order valence-corrected chi connectivity index (χ3v) is 9.11. The molecule has 1 aromatic carbocycles. The lowest BCUT2D eigenvalue weighted by Crippen LogP contribution is -2.47. The van der Waals surface area contributed by atoms with Crippen LogP contribution < -0.4 is 10.2 Å². The van der Waals surface area contributed by atoms with E-state index in [0.717, 1.165) is 67.3 Å². The minimum absolute atomic E-state index is 0.0123. The summed E-state index contributed by atoms with van der Waals surface area (Å²) in [6, 6.07) is 4.14. The molecular weight excluding hydrogens is 484 g/mol. The molecule has 0 radical (unpaired) electrons. The smallest absolute Gasteiger partial charge is 0.253 e. The Morgan fingerprint density at radius 2 is 1.86 bits per heavy atom. The fourth-order valence-electron chi connectivity index (χ4n) is 5.78. The summed E-state index contributed by atoms with van der Waals surface area (Å²) < 4.78 is 7.50. The Morgan fingerprint density at radius 1 is 1.22 bits per heavy atom. The molecule has 3 aliphatic rings. The number of benzene rings is 1. The third kappa shape index (κ3) is 6.47. The number of anilines is 1. The highest BCUT2D eigenvalue weighted by atomic mass is 32.2. The lowest BCUT2D eigenvalue weighted by Gasteiger charge is -2.34. The number of hydrogen-bond donors (Lipinski definition) is 1. The number of hydrogen-bond acceptors (Lipinski definition) is 6. The molecule has 1 saturated heterocycles. The van der Waals surface area contributed by atoms with E-state index in [1.165, 1.54) is 18.4 Å². The summed E-state index contributed by atoms with van der Waals surface area (Å²) in [5, 5.41) is 5.29. The lowest BCUT2D eigenvalue weighted by atomic mass is 9.82. The van der Waals surface area contributed by atoms with Gasteiger partial charge in [0.05, 0.1) is 6.61 Å². The molecule has 2 amide bonds. The predicted molar refractivity (Wildman–Crippen MR) is 153 cm³/mol. The van der Waals surface area contributed by atoms with Crippen molar-refractivity contribution in [3.05, 3.63) is 34.2 Å². The number of nitrogens with zero attached hydrogens (tertiary/aromatic N) is 3. The van der Waals surface area contributed by atoms with E-state index in [1.54, 1.807) is 30.9 Å². The molecule has 1 spiro atoms. The Balaban J connectivity index is 1.34. The molecule has 1 aliphatic carbocycles. The molecule has 8 heteroatoms. The number of nitrogens with one attached hydrogen (secondary N) is 1. The van der Waals surface area contributed by atoms with Crippen LogP contribution in [0.3, 0.4) is 0 Å². The molecule has 37 heavy (non-hydrogen) atoms. The molecule has 0 aromatic heterocycles. The summed E-state index contributed by atoms with van der Waals surface area (Å²) in [5.41, 5.74) is 3.78. The monoisotopic (exact) mass is 526 g/mol. The molecule has 1 aromatic rings. The minimum Gasteiger partial charge on any atom is -0.383 e. The molecule has 2 fully saturated rings. The first kappa shape index (κ1) is 27.9. The van der Waals surface area contributed by atoms with E-state index in [4.69, 9.17) is 9.73 Å². The van der Waals surface area contributed by atoms with Gasteiger partial charge in [-0.3, -0.25) is 14.6 Å². The molecule has 2 heterocycles. The maximum atomic E-state index is 12.9. The van der Waals surface area contributed by atoms with Crippen molar-refractivity contribution in [1.29, 1.82) is 0 Å². The average Bonchev–Trinajstić information content (AvgIpc) is 3.18. The van der Waals surface area contributed by atoms with Crippen molar-refractivity contribution in [1.82, 2.24) is 9.62 Å². The first-order valence-corrected chi connectivity index (χ1v) is 14.4. The largest absolute Gasteiger partial charge is 0.383 e. The highest BCUT2D eigenvalue weighted by Gasteiger charge is 2.47. The second kappa shape index (κ2) is 12.1. The van der Waals surface area contributed by atoms with Gasteiger partial charge in [-0.1, -0.05) is 31.7 Å². The van der Waals surface area contributed by atoms with Crippen LogP contribution in [-0.2, 0) is 14.3 Å². The summed E-state index contributed by atoms with van der Waals surface area (Å²) in [6.07, 6.45) is 8.43. The van der Waals surface area contributed by atoms with Gasteiger partial charge >= 0.3 is 0 Å². The number of amides is 2. The van der Waals surface area contributed by atoms with Gasteiger partial charge in [0.1, 0.15) is 11.4 Å². The van der Waals surface area contributed by atoms with Crippen molar-refractivity contribution in [3.8, 4) is 0 Å². The third-order valence-electron chi connectivity index (χ3n) is 8.18. The van der Waals surface area contributed by atoms with Crippen LogP contribution in [-0.4, -0.2) is 60.8 Å². The second-order valence-corrected chi connectivity index (χ2v) is 11.9.